The molecule has 1 aliphatic rings. The molecule has 4 rings (SSSR count). The van der Waals surface area contributed by atoms with E-state index in [1.54, 1.807) is 36.2 Å². The van der Waals surface area contributed by atoms with Gasteiger partial charge in [-0.2, -0.15) is 0 Å². The molecule has 0 spiro atoms. The molecule has 188 valence electrons. The molecule has 35 heavy (non-hydrogen) atoms. The number of carbonyl (C=O) groups excluding carboxylic acids is 1. The van der Waals surface area contributed by atoms with E-state index in [1.165, 1.54) is 0 Å². The number of pyridine rings is 1. The van der Waals surface area contributed by atoms with Crippen LogP contribution in [0.3, 0.4) is 0 Å². The third-order valence-corrected chi connectivity index (χ3v) is 8.25. The quantitative estimate of drug-likeness (QED) is 0.552. The van der Waals surface area contributed by atoms with Crippen LogP contribution in [0.15, 0.2) is 39.9 Å². The number of benzene rings is 1. The van der Waals surface area contributed by atoms with E-state index in [2.05, 4.69) is 15.5 Å². The predicted molar refractivity (Wildman–Crippen MR) is 136 cm³/mol. The molecule has 3 aromatic rings. The first kappa shape index (κ1) is 25.3. The van der Waals surface area contributed by atoms with Crippen LogP contribution >= 0.6 is 0 Å². The van der Waals surface area contributed by atoms with E-state index in [4.69, 9.17) is 4.52 Å². The van der Waals surface area contributed by atoms with Gasteiger partial charge in [0.05, 0.1) is 27.8 Å². The minimum absolute atomic E-state index is 0.0886. The van der Waals surface area contributed by atoms with Gasteiger partial charge in [-0.3, -0.25) is 9.78 Å². The molecular formula is C26H34N4O4S. The molecule has 0 radical (unpaired) electrons. The second-order valence-electron chi connectivity index (χ2n) is 10.6. The van der Waals surface area contributed by atoms with Crippen molar-refractivity contribution >= 4 is 26.6 Å². The van der Waals surface area contributed by atoms with E-state index in [-0.39, 0.29) is 22.0 Å². The van der Waals surface area contributed by atoms with Crippen molar-refractivity contribution < 1.29 is 17.7 Å². The molecule has 1 N–H and O–H groups in total. The highest BCUT2D eigenvalue weighted by molar-refractivity contribution is 7.91. The zero-order chi connectivity index (χ0) is 25.4. The van der Waals surface area contributed by atoms with Crippen molar-refractivity contribution in [3.63, 3.8) is 0 Å². The molecule has 1 aliphatic heterocycles. The fourth-order valence-corrected chi connectivity index (χ4v) is 6.68. The summed E-state index contributed by atoms with van der Waals surface area (Å²) in [5.74, 6) is -0.357. The summed E-state index contributed by atoms with van der Waals surface area (Å²) in [5.41, 5.74) is 2.50. The van der Waals surface area contributed by atoms with Gasteiger partial charge in [0.25, 0.3) is 0 Å². The van der Waals surface area contributed by atoms with Crippen molar-refractivity contribution in [1.29, 1.82) is 0 Å². The van der Waals surface area contributed by atoms with Crippen molar-refractivity contribution in [1.82, 2.24) is 20.4 Å². The largest absolute Gasteiger partial charge is 0.361 e. The fourth-order valence-electron chi connectivity index (χ4n) is 4.90. The predicted octanol–water partition coefficient (Wildman–Crippen LogP) is 3.76. The highest BCUT2D eigenvalue weighted by atomic mass is 32.2. The smallest absolute Gasteiger partial charge is 0.226 e. The van der Waals surface area contributed by atoms with E-state index in [0.717, 1.165) is 18.7 Å². The first-order valence-corrected chi connectivity index (χ1v) is 13.7. The van der Waals surface area contributed by atoms with Crippen molar-refractivity contribution in [3.8, 4) is 11.1 Å². The lowest BCUT2D eigenvalue weighted by molar-refractivity contribution is -0.136. The maximum absolute atomic E-state index is 14.0. The summed E-state index contributed by atoms with van der Waals surface area (Å²) in [6.07, 6.45) is 2.13. The Kier molecular flexibility index (Phi) is 7.02. The van der Waals surface area contributed by atoms with Gasteiger partial charge < -0.3 is 14.7 Å². The topological polar surface area (TPSA) is 105 Å². The number of sulfone groups is 1. The van der Waals surface area contributed by atoms with E-state index in [0.29, 0.717) is 47.4 Å². The number of aryl methyl sites for hydroxylation is 2. The number of hydrogen-bond donors (Lipinski definition) is 1. The first-order valence-electron chi connectivity index (χ1n) is 12.0. The Labute approximate surface area is 207 Å². The third kappa shape index (κ3) is 5.56. The summed E-state index contributed by atoms with van der Waals surface area (Å²) >= 11 is 0. The monoisotopic (exact) mass is 498 g/mol. The third-order valence-electron chi connectivity index (χ3n) is 6.40. The Morgan fingerprint density at radius 2 is 1.91 bits per heavy atom. The Hall–Kier alpha value is -2.78. The molecule has 0 unspecified atom stereocenters. The van der Waals surface area contributed by atoms with Crippen LogP contribution in [0, 0.1) is 25.2 Å². The van der Waals surface area contributed by atoms with E-state index >= 15 is 0 Å². The molecular weight excluding hydrogens is 464 g/mol. The number of amides is 1. The second-order valence-corrected chi connectivity index (χ2v) is 12.6. The van der Waals surface area contributed by atoms with Crippen LogP contribution in [0.1, 0.15) is 38.6 Å². The molecule has 9 heteroatoms. The van der Waals surface area contributed by atoms with Gasteiger partial charge in [-0.1, -0.05) is 25.9 Å². The molecule has 8 nitrogen and oxygen atoms in total. The van der Waals surface area contributed by atoms with Crippen LogP contribution in [0.4, 0.5) is 0 Å². The maximum Gasteiger partial charge on any atom is 0.226 e. The number of hydrogen-bond acceptors (Lipinski definition) is 7. The summed E-state index contributed by atoms with van der Waals surface area (Å²) in [6.45, 7) is 12.4. The highest BCUT2D eigenvalue weighted by Gasteiger charge is 2.34. The Balaban J connectivity index is 1.78. The molecule has 0 aliphatic carbocycles. The second kappa shape index (κ2) is 9.70. The van der Waals surface area contributed by atoms with Crippen LogP contribution in [-0.2, 0) is 14.6 Å². The van der Waals surface area contributed by atoms with Gasteiger partial charge in [0, 0.05) is 43.3 Å². The molecule has 1 atom stereocenters. The molecule has 1 saturated heterocycles. The number of fused-ring (bicyclic) bond motifs is 1. The van der Waals surface area contributed by atoms with Crippen molar-refractivity contribution in [2.45, 2.75) is 45.9 Å². The van der Waals surface area contributed by atoms with E-state index in [1.807, 2.05) is 33.8 Å². The van der Waals surface area contributed by atoms with Crippen LogP contribution in [0.5, 0.6) is 0 Å². The number of nitrogens with one attached hydrogen (secondary N) is 1. The van der Waals surface area contributed by atoms with Crippen molar-refractivity contribution in [2.24, 2.45) is 11.3 Å². The van der Waals surface area contributed by atoms with Gasteiger partial charge in [-0.25, -0.2) is 8.42 Å². The Bertz CT molecular complexity index is 1320. The Morgan fingerprint density at radius 3 is 2.54 bits per heavy atom. The van der Waals surface area contributed by atoms with Crippen LogP contribution in [0.2, 0.25) is 0 Å². The fraction of sp³-hybridized carbons (Fsp3) is 0.500. The van der Waals surface area contributed by atoms with Crippen molar-refractivity contribution in [3.05, 3.63) is 41.9 Å². The highest BCUT2D eigenvalue weighted by Crippen LogP contribution is 2.35. The van der Waals surface area contributed by atoms with Crippen molar-refractivity contribution in [2.75, 3.05) is 31.9 Å². The lowest BCUT2D eigenvalue weighted by Crippen LogP contribution is -2.49. The number of rotatable bonds is 6. The van der Waals surface area contributed by atoms with Gasteiger partial charge in [0.2, 0.25) is 5.91 Å². The minimum atomic E-state index is -3.84. The molecule has 1 fully saturated rings. The van der Waals surface area contributed by atoms with Gasteiger partial charge in [-0.15, -0.1) is 0 Å². The average Bonchev–Trinajstić information content (AvgIpc) is 3.14. The molecule has 2 aromatic heterocycles. The minimum Gasteiger partial charge on any atom is -0.361 e. The first-order chi connectivity index (χ1) is 16.5. The lowest BCUT2D eigenvalue weighted by atomic mass is 9.84. The number of nitrogens with zero attached hydrogens (tertiary/aromatic N) is 3. The Morgan fingerprint density at radius 1 is 1.20 bits per heavy atom. The van der Waals surface area contributed by atoms with Crippen LogP contribution < -0.4 is 5.32 Å². The summed E-state index contributed by atoms with van der Waals surface area (Å²) < 4.78 is 33.3. The molecule has 1 amide bonds. The van der Waals surface area contributed by atoms with Gasteiger partial charge >= 0.3 is 0 Å². The number of piperazine rings is 1. The standard InChI is InChI=1S/C26H34N4O4S/c1-17-24(18(2)34-29-17)19-13-22-21(7-6-8-28-22)23(14-19)35(32,33)16-20(15-26(3,4)5)25(31)30-11-9-27-10-12-30/h6-8,13-14,20,27H,9-12,15-16H2,1-5H3/t20-/m1/s1. The summed E-state index contributed by atoms with van der Waals surface area (Å²) in [7, 11) is -3.84. The van der Waals surface area contributed by atoms with Gasteiger partial charge in [0.15, 0.2) is 9.84 Å². The summed E-state index contributed by atoms with van der Waals surface area (Å²) in [6, 6.07) is 7.04. The number of aromatic nitrogens is 2. The van der Waals surface area contributed by atoms with Gasteiger partial charge in [-0.05, 0) is 55.5 Å². The van der Waals surface area contributed by atoms with Crippen LogP contribution in [-0.4, -0.2) is 61.3 Å². The number of carbonyl (C=O) groups is 1. The lowest BCUT2D eigenvalue weighted by Gasteiger charge is -2.33. The molecule has 0 saturated carbocycles. The van der Waals surface area contributed by atoms with Gasteiger partial charge in [0.1, 0.15) is 5.76 Å². The summed E-state index contributed by atoms with van der Waals surface area (Å²) in [4.78, 5) is 19.9. The molecule has 0 bridgehead atoms. The van der Waals surface area contributed by atoms with E-state index in [9.17, 15) is 13.2 Å². The summed E-state index contributed by atoms with van der Waals surface area (Å²) in [5, 5.41) is 7.82. The average molecular weight is 499 g/mol. The zero-order valence-electron chi connectivity index (χ0n) is 21.1. The maximum atomic E-state index is 14.0. The zero-order valence-corrected chi connectivity index (χ0v) is 21.9. The normalized spacial score (nSPS) is 16.0. The van der Waals surface area contributed by atoms with E-state index < -0.39 is 15.8 Å². The SMILES string of the molecule is Cc1noc(C)c1-c1cc(S(=O)(=O)C[C@@H](CC(C)(C)C)C(=O)N2CCNCC2)c2cccnc2c1. The molecule has 3 heterocycles. The van der Waals surface area contributed by atoms with Crippen LogP contribution in [0.25, 0.3) is 22.0 Å². The molecule has 1 aromatic carbocycles.